The summed E-state index contributed by atoms with van der Waals surface area (Å²) < 4.78 is 36.0. The second-order valence-corrected chi connectivity index (χ2v) is 13.0. The lowest BCUT2D eigenvalue weighted by molar-refractivity contribution is 0.114. The fourth-order valence-corrected chi connectivity index (χ4v) is 7.42. The number of ether oxygens (including phenoxy) is 1. The molecule has 2 unspecified atom stereocenters. The third-order valence-electron chi connectivity index (χ3n) is 10.2. The molecule has 4 rings (SSSR count). The maximum Gasteiger partial charge on any atom is 0.196 e. The van der Waals surface area contributed by atoms with Crippen LogP contribution in [0.5, 0.6) is 0 Å². The molecule has 0 spiro atoms. The van der Waals surface area contributed by atoms with E-state index in [0.717, 1.165) is 49.9 Å². The molecule has 1 nitrogen and oxygen atoms in total. The number of hydrogen-bond donors (Lipinski definition) is 0. The molecule has 3 heteroatoms. The zero-order valence-electron chi connectivity index (χ0n) is 24.7. The first-order chi connectivity index (χ1) is 19.1. The standard InChI is InChI=1S/C36H54F2O/c1-3-5-7-9-28-10-12-29(13-11-28)14-15-30-20-22-32(23-21-30)33-24-25-34(36(38)35(33)37)39-26-31-18-16-27(17-19-31)8-6-4-2/h4,14-15,20,22,27-32H,2-3,5-13,16-19,21,23-26H2,1H3/b15-14+. The van der Waals surface area contributed by atoms with E-state index >= 15 is 4.39 Å². The van der Waals surface area contributed by atoms with Crippen molar-refractivity contribution in [1.29, 1.82) is 0 Å². The van der Waals surface area contributed by atoms with Gasteiger partial charge in [-0.05, 0) is 106 Å². The van der Waals surface area contributed by atoms with Crippen LogP contribution in [0.15, 0.2) is 59.9 Å². The summed E-state index contributed by atoms with van der Waals surface area (Å²) in [6.45, 7) is 6.63. The smallest absolute Gasteiger partial charge is 0.196 e. The lowest BCUT2D eigenvalue weighted by Crippen LogP contribution is -2.20. The Bertz CT molecular complexity index is 880. The van der Waals surface area contributed by atoms with Crippen molar-refractivity contribution in [2.75, 3.05) is 6.61 Å². The van der Waals surface area contributed by atoms with E-state index in [2.05, 4.69) is 37.8 Å². The first-order valence-corrected chi connectivity index (χ1v) is 16.4. The summed E-state index contributed by atoms with van der Waals surface area (Å²) in [5.74, 6) is 2.22. The molecule has 0 bridgehead atoms. The Morgan fingerprint density at radius 2 is 1.51 bits per heavy atom. The lowest BCUT2D eigenvalue weighted by atomic mass is 9.78. The second kappa shape index (κ2) is 16.0. The first-order valence-electron chi connectivity index (χ1n) is 16.4. The van der Waals surface area contributed by atoms with Crippen LogP contribution in [0, 0.1) is 35.5 Å². The number of rotatable bonds is 13. The van der Waals surface area contributed by atoms with Gasteiger partial charge in [-0.25, -0.2) is 8.78 Å². The third kappa shape index (κ3) is 9.19. The van der Waals surface area contributed by atoms with Crippen molar-refractivity contribution >= 4 is 0 Å². The monoisotopic (exact) mass is 540 g/mol. The number of unbranched alkanes of at least 4 members (excludes halogenated alkanes) is 2. The van der Waals surface area contributed by atoms with Gasteiger partial charge in [-0.1, -0.05) is 75.8 Å². The van der Waals surface area contributed by atoms with E-state index in [1.807, 2.05) is 6.08 Å². The Morgan fingerprint density at radius 1 is 0.795 bits per heavy atom. The predicted molar refractivity (Wildman–Crippen MR) is 160 cm³/mol. The van der Waals surface area contributed by atoms with Crippen molar-refractivity contribution in [2.24, 2.45) is 35.5 Å². The number of hydrogen-bond acceptors (Lipinski definition) is 1. The minimum atomic E-state index is -0.739. The van der Waals surface area contributed by atoms with Gasteiger partial charge in [0.05, 0.1) is 6.61 Å². The minimum Gasteiger partial charge on any atom is -0.494 e. The molecule has 0 aliphatic heterocycles. The van der Waals surface area contributed by atoms with Gasteiger partial charge in [-0.2, -0.15) is 0 Å². The molecule has 0 aromatic carbocycles. The van der Waals surface area contributed by atoms with Crippen molar-refractivity contribution < 1.29 is 13.5 Å². The molecule has 218 valence electrons. The zero-order chi connectivity index (χ0) is 27.5. The highest BCUT2D eigenvalue weighted by atomic mass is 19.2. The van der Waals surface area contributed by atoms with Crippen molar-refractivity contribution in [3.05, 3.63) is 59.9 Å². The molecule has 0 heterocycles. The van der Waals surface area contributed by atoms with Crippen LogP contribution in [0.3, 0.4) is 0 Å². The van der Waals surface area contributed by atoms with Crippen LogP contribution in [-0.4, -0.2) is 6.61 Å². The van der Waals surface area contributed by atoms with Gasteiger partial charge in [0.2, 0.25) is 0 Å². The Labute approximate surface area is 237 Å². The van der Waals surface area contributed by atoms with E-state index in [0.29, 0.717) is 36.9 Å². The lowest BCUT2D eigenvalue weighted by Gasteiger charge is -2.30. The summed E-state index contributed by atoms with van der Waals surface area (Å²) in [6, 6.07) is 0. The average Bonchev–Trinajstić information content (AvgIpc) is 2.97. The average molecular weight is 541 g/mol. The molecule has 4 aliphatic carbocycles. The van der Waals surface area contributed by atoms with Gasteiger partial charge in [0.15, 0.2) is 11.7 Å². The van der Waals surface area contributed by atoms with Crippen molar-refractivity contribution in [3.63, 3.8) is 0 Å². The normalized spacial score (nSPS) is 32.2. The molecule has 39 heavy (non-hydrogen) atoms. The zero-order valence-corrected chi connectivity index (χ0v) is 24.7. The third-order valence-corrected chi connectivity index (χ3v) is 10.2. The van der Waals surface area contributed by atoms with Crippen LogP contribution in [-0.2, 0) is 4.74 Å². The highest BCUT2D eigenvalue weighted by Gasteiger charge is 2.30. The molecule has 2 saturated carbocycles. The van der Waals surface area contributed by atoms with Crippen LogP contribution in [0.1, 0.15) is 122 Å². The summed E-state index contributed by atoms with van der Waals surface area (Å²) in [5.41, 5.74) is 0.641. The SMILES string of the molecule is C=CCCC1CCC(COC2=C(F)C(F)=C(C3C=CC(/C=C/C4CCC(CCCCC)CC4)CC3)CC2)CC1. The topological polar surface area (TPSA) is 9.23 Å². The highest BCUT2D eigenvalue weighted by molar-refractivity contribution is 5.35. The van der Waals surface area contributed by atoms with E-state index in [1.165, 1.54) is 70.6 Å². The summed E-state index contributed by atoms with van der Waals surface area (Å²) in [5, 5.41) is 0. The van der Waals surface area contributed by atoms with Crippen molar-refractivity contribution in [3.8, 4) is 0 Å². The Kier molecular flexibility index (Phi) is 12.4. The Morgan fingerprint density at radius 3 is 2.21 bits per heavy atom. The molecule has 0 amide bonds. The van der Waals surface area contributed by atoms with E-state index in [1.54, 1.807) is 0 Å². The van der Waals surface area contributed by atoms with Gasteiger partial charge in [-0.15, -0.1) is 6.58 Å². The van der Waals surface area contributed by atoms with Gasteiger partial charge in [-0.3, -0.25) is 0 Å². The van der Waals surface area contributed by atoms with E-state index in [9.17, 15) is 4.39 Å². The Hall–Kier alpha value is -1.64. The van der Waals surface area contributed by atoms with Gasteiger partial charge >= 0.3 is 0 Å². The summed E-state index contributed by atoms with van der Waals surface area (Å²) in [6.07, 6.45) is 32.1. The predicted octanol–water partition coefficient (Wildman–Crippen LogP) is 11.5. The summed E-state index contributed by atoms with van der Waals surface area (Å²) >= 11 is 0. The van der Waals surface area contributed by atoms with E-state index in [4.69, 9.17) is 4.74 Å². The highest BCUT2D eigenvalue weighted by Crippen LogP contribution is 2.41. The molecule has 4 aliphatic rings. The minimum absolute atomic E-state index is 0.0198. The summed E-state index contributed by atoms with van der Waals surface area (Å²) in [7, 11) is 0. The molecular weight excluding hydrogens is 486 g/mol. The van der Waals surface area contributed by atoms with Gasteiger partial charge in [0.25, 0.3) is 0 Å². The largest absolute Gasteiger partial charge is 0.494 e. The molecule has 0 aromatic heterocycles. The molecule has 0 saturated heterocycles. The second-order valence-electron chi connectivity index (χ2n) is 13.0. The van der Waals surface area contributed by atoms with Crippen molar-refractivity contribution in [2.45, 2.75) is 122 Å². The fraction of sp³-hybridized carbons (Fsp3) is 0.722. The van der Waals surface area contributed by atoms with Crippen LogP contribution in [0.2, 0.25) is 0 Å². The van der Waals surface area contributed by atoms with E-state index in [-0.39, 0.29) is 11.7 Å². The van der Waals surface area contributed by atoms with Crippen LogP contribution < -0.4 is 0 Å². The number of allylic oxidation sites excluding steroid dienone is 9. The fourth-order valence-electron chi connectivity index (χ4n) is 7.42. The van der Waals surface area contributed by atoms with Crippen molar-refractivity contribution in [1.82, 2.24) is 0 Å². The summed E-state index contributed by atoms with van der Waals surface area (Å²) in [4.78, 5) is 0. The maximum absolute atomic E-state index is 15.1. The molecule has 2 atom stereocenters. The van der Waals surface area contributed by atoms with Crippen LogP contribution in [0.4, 0.5) is 8.78 Å². The van der Waals surface area contributed by atoms with Gasteiger partial charge in [0.1, 0.15) is 5.76 Å². The molecule has 2 fully saturated rings. The molecule has 0 N–H and O–H groups in total. The van der Waals surface area contributed by atoms with Gasteiger partial charge < -0.3 is 4.74 Å². The maximum atomic E-state index is 15.1. The van der Waals surface area contributed by atoms with Crippen LogP contribution >= 0.6 is 0 Å². The van der Waals surface area contributed by atoms with E-state index < -0.39 is 11.7 Å². The first kappa shape index (κ1) is 30.3. The molecule has 0 radical (unpaired) electrons. The van der Waals surface area contributed by atoms with Crippen LogP contribution in [0.25, 0.3) is 0 Å². The quantitative estimate of drug-likeness (QED) is 0.167. The Balaban J connectivity index is 1.21. The molecule has 0 aromatic rings. The van der Waals surface area contributed by atoms with Gasteiger partial charge in [0, 0.05) is 12.3 Å². The number of halogens is 2. The molecular formula is C36H54F2O.